The lowest BCUT2D eigenvalue weighted by atomic mass is 9.93. The zero-order valence-electron chi connectivity index (χ0n) is 12.3. The number of nitrogens with zero attached hydrogens (tertiary/aromatic N) is 1. The molecule has 0 saturated carbocycles. The first-order valence-electron chi connectivity index (χ1n) is 6.57. The molecule has 0 spiro atoms. The molecule has 1 heterocycles. The molecule has 0 fully saturated rings. The topological polar surface area (TPSA) is 69.6 Å². The number of carbonyl (C=O) groups is 2. The average Bonchev–Trinajstić information content (AvgIpc) is 2.66. The molecule has 1 aromatic carbocycles. The molecule has 2 N–H and O–H groups in total. The van der Waals surface area contributed by atoms with Crippen LogP contribution in [0.5, 0.6) is 0 Å². The molecule has 110 valence electrons. The van der Waals surface area contributed by atoms with E-state index in [1.165, 1.54) is 13.0 Å². The number of hydrogen-bond acceptors (Lipinski definition) is 4. The Labute approximate surface area is 123 Å². The number of ketones is 1. The first kappa shape index (κ1) is 15.0. The lowest BCUT2D eigenvalue weighted by Crippen LogP contribution is -2.40. The maximum atomic E-state index is 12.3. The third-order valence-electron chi connectivity index (χ3n) is 3.15. The summed E-state index contributed by atoms with van der Waals surface area (Å²) in [7, 11) is 3.56. The highest BCUT2D eigenvalue weighted by atomic mass is 16.3. The maximum absolute atomic E-state index is 12.3. The first-order valence-corrected chi connectivity index (χ1v) is 6.57. The van der Waals surface area contributed by atoms with Gasteiger partial charge >= 0.3 is 0 Å². The van der Waals surface area contributed by atoms with Gasteiger partial charge in [-0.25, -0.2) is 0 Å². The lowest BCUT2D eigenvalue weighted by molar-refractivity contribution is -0.122. The van der Waals surface area contributed by atoms with E-state index < -0.39 is 17.4 Å². The quantitative estimate of drug-likeness (QED) is 0.638. The van der Waals surface area contributed by atoms with Crippen molar-refractivity contribution in [2.75, 3.05) is 14.1 Å². The highest BCUT2D eigenvalue weighted by molar-refractivity contribution is 6.30. The number of rotatable bonds is 4. The minimum Gasteiger partial charge on any atom is -0.383 e. The summed E-state index contributed by atoms with van der Waals surface area (Å²) in [6.07, 6.45) is 2.89. The van der Waals surface area contributed by atoms with Gasteiger partial charge in [0.15, 0.2) is 11.5 Å². The molecule has 21 heavy (non-hydrogen) atoms. The van der Waals surface area contributed by atoms with Crippen molar-refractivity contribution in [1.29, 1.82) is 0 Å². The molecule has 1 amide bonds. The smallest absolute Gasteiger partial charge is 0.258 e. The molecular formula is C16H18N2O3. The SMILES string of the molecule is CN(C)/C=C/C(=O)C1=C(c2ccccc2)[C@](C)(O)NC1=O. The molecular weight excluding hydrogens is 268 g/mol. The van der Waals surface area contributed by atoms with E-state index in [0.29, 0.717) is 11.1 Å². The molecule has 1 aliphatic heterocycles. The summed E-state index contributed by atoms with van der Waals surface area (Å²) >= 11 is 0. The summed E-state index contributed by atoms with van der Waals surface area (Å²) in [6.45, 7) is 1.46. The van der Waals surface area contributed by atoms with Gasteiger partial charge in [0.2, 0.25) is 0 Å². The van der Waals surface area contributed by atoms with Gasteiger partial charge < -0.3 is 15.3 Å². The zero-order chi connectivity index (χ0) is 15.6. The van der Waals surface area contributed by atoms with Crippen LogP contribution in [0.15, 0.2) is 48.2 Å². The fraction of sp³-hybridized carbons (Fsp3) is 0.250. The van der Waals surface area contributed by atoms with Gasteiger partial charge in [-0.05, 0) is 12.5 Å². The number of benzene rings is 1. The molecule has 5 heteroatoms. The van der Waals surface area contributed by atoms with E-state index in [9.17, 15) is 14.7 Å². The molecule has 0 aliphatic carbocycles. The summed E-state index contributed by atoms with van der Waals surface area (Å²) in [5.41, 5.74) is -0.636. The lowest BCUT2D eigenvalue weighted by Gasteiger charge is -2.21. The molecule has 0 saturated heterocycles. The predicted molar refractivity (Wildman–Crippen MR) is 80.0 cm³/mol. The van der Waals surface area contributed by atoms with Crippen molar-refractivity contribution in [3.63, 3.8) is 0 Å². The molecule has 5 nitrogen and oxygen atoms in total. The van der Waals surface area contributed by atoms with Crippen LogP contribution in [-0.4, -0.2) is 41.5 Å². The summed E-state index contributed by atoms with van der Waals surface area (Å²) < 4.78 is 0. The average molecular weight is 286 g/mol. The van der Waals surface area contributed by atoms with Crippen LogP contribution in [-0.2, 0) is 9.59 Å². The van der Waals surface area contributed by atoms with E-state index in [1.54, 1.807) is 49.5 Å². The van der Waals surface area contributed by atoms with Gasteiger partial charge in [-0.1, -0.05) is 30.3 Å². The van der Waals surface area contributed by atoms with Crippen molar-refractivity contribution in [3.8, 4) is 0 Å². The fourth-order valence-electron chi connectivity index (χ4n) is 2.27. The first-order chi connectivity index (χ1) is 9.83. The number of allylic oxidation sites excluding steroid dienone is 1. The van der Waals surface area contributed by atoms with Crippen LogP contribution in [0.3, 0.4) is 0 Å². The van der Waals surface area contributed by atoms with Crippen LogP contribution in [0, 0.1) is 0 Å². The second-order valence-electron chi connectivity index (χ2n) is 5.29. The van der Waals surface area contributed by atoms with Crippen molar-refractivity contribution in [2.45, 2.75) is 12.6 Å². The van der Waals surface area contributed by atoms with Crippen molar-refractivity contribution < 1.29 is 14.7 Å². The van der Waals surface area contributed by atoms with E-state index in [0.717, 1.165) is 0 Å². The number of amides is 1. The van der Waals surface area contributed by atoms with Crippen LogP contribution >= 0.6 is 0 Å². The van der Waals surface area contributed by atoms with Crippen LogP contribution in [0.4, 0.5) is 0 Å². The normalized spacial score (nSPS) is 21.8. The van der Waals surface area contributed by atoms with Gasteiger partial charge in [0.05, 0.1) is 5.57 Å². The van der Waals surface area contributed by atoms with E-state index in [1.807, 2.05) is 6.07 Å². The van der Waals surface area contributed by atoms with E-state index in [2.05, 4.69) is 5.32 Å². The van der Waals surface area contributed by atoms with Gasteiger partial charge in [0.1, 0.15) is 0 Å². The van der Waals surface area contributed by atoms with E-state index in [4.69, 9.17) is 0 Å². The Kier molecular flexibility index (Phi) is 3.95. The largest absolute Gasteiger partial charge is 0.383 e. The summed E-state index contributed by atoms with van der Waals surface area (Å²) in [5, 5.41) is 12.8. The van der Waals surface area contributed by atoms with Crippen molar-refractivity contribution in [3.05, 3.63) is 53.7 Å². The number of aliphatic hydroxyl groups is 1. The highest BCUT2D eigenvalue weighted by Crippen LogP contribution is 2.34. The van der Waals surface area contributed by atoms with Crippen LogP contribution < -0.4 is 5.32 Å². The van der Waals surface area contributed by atoms with Gasteiger partial charge in [0.25, 0.3) is 5.91 Å². The van der Waals surface area contributed by atoms with Crippen molar-refractivity contribution >= 4 is 17.3 Å². The third kappa shape index (κ3) is 3.03. The molecule has 1 atom stereocenters. The van der Waals surface area contributed by atoms with E-state index >= 15 is 0 Å². The highest BCUT2D eigenvalue weighted by Gasteiger charge is 2.42. The van der Waals surface area contributed by atoms with Crippen molar-refractivity contribution in [1.82, 2.24) is 10.2 Å². The minimum atomic E-state index is -1.56. The Balaban J connectivity index is 2.55. The molecule has 0 bridgehead atoms. The maximum Gasteiger partial charge on any atom is 0.258 e. The van der Waals surface area contributed by atoms with Gasteiger partial charge in [0, 0.05) is 31.9 Å². The molecule has 0 radical (unpaired) electrons. The summed E-state index contributed by atoms with van der Waals surface area (Å²) in [5.74, 6) is -0.995. The van der Waals surface area contributed by atoms with Gasteiger partial charge in [-0.15, -0.1) is 0 Å². The van der Waals surface area contributed by atoms with Gasteiger partial charge in [-0.2, -0.15) is 0 Å². The predicted octanol–water partition coefficient (Wildman–Crippen LogP) is 0.923. The second-order valence-corrected chi connectivity index (χ2v) is 5.29. The molecule has 0 aromatic heterocycles. The Morgan fingerprint density at radius 2 is 1.90 bits per heavy atom. The number of nitrogens with one attached hydrogen (secondary N) is 1. The Hall–Kier alpha value is -2.40. The number of carbonyl (C=O) groups excluding carboxylic acids is 2. The molecule has 1 aliphatic rings. The van der Waals surface area contributed by atoms with Crippen LogP contribution in [0.25, 0.3) is 5.57 Å². The van der Waals surface area contributed by atoms with E-state index in [-0.39, 0.29) is 5.57 Å². The van der Waals surface area contributed by atoms with Gasteiger partial charge in [-0.3, -0.25) is 9.59 Å². The van der Waals surface area contributed by atoms with Crippen LogP contribution in [0.1, 0.15) is 12.5 Å². The fourth-order valence-corrected chi connectivity index (χ4v) is 2.27. The Morgan fingerprint density at radius 3 is 2.48 bits per heavy atom. The monoisotopic (exact) mass is 286 g/mol. The minimum absolute atomic E-state index is 0.0238. The third-order valence-corrected chi connectivity index (χ3v) is 3.15. The summed E-state index contributed by atoms with van der Waals surface area (Å²) in [6, 6.07) is 8.92. The zero-order valence-corrected chi connectivity index (χ0v) is 12.3. The molecule has 0 unspecified atom stereocenters. The summed E-state index contributed by atoms with van der Waals surface area (Å²) in [4.78, 5) is 26.1. The van der Waals surface area contributed by atoms with Crippen LogP contribution in [0.2, 0.25) is 0 Å². The Morgan fingerprint density at radius 1 is 1.29 bits per heavy atom. The number of hydrogen-bond donors (Lipinski definition) is 2. The molecule has 1 aromatic rings. The molecule has 2 rings (SSSR count). The standard InChI is InChI=1S/C16H18N2O3/c1-16(21)14(11-7-5-4-6-8-11)13(15(20)17-16)12(19)9-10-18(2)3/h4-10,21H,1-3H3,(H,17,20)/b10-9+/t16-/m0/s1. The second kappa shape index (κ2) is 5.54. The Bertz CT molecular complexity index is 628. The van der Waals surface area contributed by atoms with Crippen molar-refractivity contribution in [2.24, 2.45) is 0 Å².